The molecule has 2 aliphatic rings. The van der Waals surface area contributed by atoms with Crippen molar-refractivity contribution in [3.63, 3.8) is 0 Å². The first-order valence-electron chi connectivity index (χ1n) is 9.95. The second kappa shape index (κ2) is 8.90. The van der Waals surface area contributed by atoms with Crippen molar-refractivity contribution in [2.75, 3.05) is 25.6 Å². The molecule has 2 aromatic rings. The minimum Gasteiger partial charge on any atom is -0.493 e. The second-order valence-corrected chi connectivity index (χ2v) is 7.12. The number of carbonyl (C=O) groups excluding carboxylic acids is 1. The highest BCUT2D eigenvalue weighted by Crippen LogP contribution is 2.34. The van der Waals surface area contributed by atoms with Crippen LogP contribution in [-0.4, -0.2) is 32.3 Å². The summed E-state index contributed by atoms with van der Waals surface area (Å²) in [7, 11) is 1.63. The highest BCUT2D eigenvalue weighted by atomic mass is 16.6. The van der Waals surface area contributed by atoms with Gasteiger partial charge in [0, 0.05) is 17.8 Å². The molecule has 1 amide bonds. The molecule has 1 N–H and O–H groups in total. The van der Waals surface area contributed by atoms with E-state index in [4.69, 9.17) is 18.9 Å². The maximum atomic E-state index is 12.3. The Labute approximate surface area is 170 Å². The molecule has 0 saturated heterocycles. The van der Waals surface area contributed by atoms with Gasteiger partial charge in [-0.1, -0.05) is 6.07 Å². The standard InChI is InChI=1S/C23H25NO5/c1-26-19-9-6-16(14-22(19)29-18-4-2-3-5-18)7-11-23(25)24-17-8-10-20-21(15-17)28-13-12-27-20/h6-11,14-15,18H,2-5,12-13H2,1H3,(H,24,25)/b11-7+. The van der Waals surface area contributed by atoms with Gasteiger partial charge in [0.25, 0.3) is 0 Å². The molecule has 6 heteroatoms. The van der Waals surface area contributed by atoms with Gasteiger partial charge in [0.1, 0.15) is 13.2 Å². The number of hydrogen-bond acceptors (Lipinski definition) is 5. The van der Waals surface area contributed by atoms with E-state index in [1.54, 1.807) is 31.4 Å². The number of fused-ring (bicyclic) bond motifs is 1. The molecule has 1 aliphatic heterocycles. The van der Waals surface area contributed by atoms with Crippen LogP contribution in [0.3, 0.4) is 0 Å². The Kier molecular flexibility index (Phi) is 5.89. The molecule has 0 unspecified atom stereocenters. The molecule has 2 aromatic carbocycles. The van der Waals surface area contributed by atoms with E-state index in [-0.39, 0.29) is 12.0 Å². The molecule has 6 nitrogen and oxygen atoms in total. The summed E-state index contributed by atoms with van der Waals surface area (Å²) in [5.41, 5.74) is 1.53. The molecule has 0 atom stereocenters. The van der Waals surface area contributed by atoms with Gasteiger partial charge in [-0.3, -0.25) is 4.79 Å². The molecule has 0 spiro atoms. The average molecular weight is 395 g/mol. The minimum atomic E-state index is -0.226. The summed E-state index contributed by atoms with van der Waals surface area (Å²) in [6.45, 7) is 1.04. The van der Waals surface area contributed by atoms with Crippen LogP contribution >= 0.6 is 0 Å². The molecule has 0 radical (unpaired) electrons. The zero-order valence-corrected chi connectivity index (χ0v) is 16.5. The maximum absolute atomic E-state index is 12.3. The van der Waals surface area contributed by atoms with Crippen LogP contribution in [0.2, 0.25) is 0 Å². The third kappa shape index (κ3) is 4.83. The van der Waals surface area contributed by atoms with Gasteiger partial charge in [-0.2, -0.15) is 0 Å². The lowest BCUT2D eigenvalue weighted by Gasteiger charge is -2.18. The van der Waals surface area contributed by atoms with Crippen LogP contribution in [0, 0.1) is 0 Å². The number of methoxy groups -OCH3 is 1. The van der Waals surface area contributed by atoms with Gasteiger partial charge < -0.3 is 24.3 Å². The summed E-state index contributed by atoms with van der Waals surface area (Å²) < 4.78 is 22.6. The van der Waals surface area contributed by atoms with Crippen molar-refractivity contribution < 1.29 is 23.7 Å². The summed E-state index contributed by atoms with van der Waals surface area (Å²) in [6, 6.07) is 11.0. The van der Waals surface area contributed by atoms with E-state index >= 15 is 0 Å². The SMILES string of the molecule is COc1ccc(/C=C/C(=O)Nc2ccc3c(c2)OCCO3)cc1OC1CCCC1. The Morgan fingerprint density at radius 1 is 1.03 bits per heavy atom. The van der Waals surface area contributed by atoms with Gasteiger partial charge in [-0.15, -0.1) is 0 Å². The molecule has 29 heavy (non-hydrogen) atoms. The summed E-state index contributed by atoms with van der Waals surface area (Å²) in [5.74, 6) is 2.53. The van der Waals surface area contributed by atoms with Crippen molar-refractivity contribution >= 4 is 17.7 Å². The van der Waals surface area contributed by atoms with Gasteiger partial charge in [0.15, 0.2) is 23.0 Å². The number of benzene rings is 2. The Morgan fingerprint density at radius 2 is 1.83 bits per heavy atom. The van der Waals surface area contributed by atoms with E-state index in [9.17, 15) is 4.79 Å². The van der Waals surface area contributed by atoms with Crippen LogP contribution in [0.25, 0.3) is 6.08 Å². The molecule has 0 aromatic heterocycles. The molecular weight excluding hydrogens is 370 g/mol. The first kappa shape index (κ1) is 19.2. The third-order valence-electron chi connectivity index (χ3n) is 5.02. The summed E-state index contributed by atoms with van der Waals surface area (Å²) in [4.78, 5) is 12.3. The molecule has 1 fully saturated rings. The largest absolute Gasteiger partial charge is 0.493 e. The van der Waals surface area contributed by atoms with Gasteiger partial charge in [-0.25, -0.2) is 0 Å². The fraction of sp³-hybridized carbons (Fsp3) is 0.348. The van der Waals surface area contributed by atoms with E-state index in [2.05, 4.69) is 5.32 Å². The van der Waals surface area contributed by atoms with Crippen molar-refractivity contribution in [3.05, 3.63) is 48.0 Å². The Morgan fingerprint density at radius 3 is 2.62 bits per heavy atom. The van der Waals surface area contributed by atoms with Crippen LogP contribution in [-0.2, 0) is 4.79 Å². The van der Waals surface area contributed by atoms with Crippen LogP contribution in [0.15, 0.2) is 42.5 Å². The second-order valence-electron chi connectivity index (χ2n) is 7.12. The molecule has 1 saturated carbocycles. The average Bonchev–Trinajstić information content (AvgIpc) is 3.25. The zero-order valence-electron chi connectivity index (χ0n) is 16.5. The molecular formula is C23H25NO5. The van der Waals surface area contributed by atoms with Crippen LogP contribution in [0.4, 0.5) is 5.69 Å². The van der Waals surface area contributed by atoms with Gasteiger partial charge >= 0.3 is 0 Å². The number of rotatable bonds is 6. The normalized spacial score (nSPS) is 16.0. The zero-order chi connectivity index (χ0) is 20.1. The molecule has 0 bridgehead atoms. The fourth-order valence-corrected chi connectivity index (χ4v) is 3.55. The van der Waals surface area contributed by atoms with Gasteiger partial charge in [0.05, 0.1) is 13.2 Å². The molecule has 152 valence electrons. The summed E-state index contributed by atoms with van der Waals surface area (Å²) >= 11 is 0. The fourth-order valence-electron chi connectivity index (χ4n) is 3.55. The summed E-state index contributed by atoms with van der Waals surface area (Å²) in [6.07, 6.45) is 8.04. The highest BCUT2D eigenvalue weighted by Gasteiger charge is 2.18. The first-order chi connectivity index (χ1) is 14.2. The molecule has 1 aliphatic carbocycles. The highest BCUT2D eigenvalue weighted by molar-refractivity contribution is 6.02. The smallest absolute Gasteiger partial charge is 0.248 e. The van der Waals surface area contributed by atoms with E-state index in [1.807, 2.05) is 18.2 Å². The lowest BCUT2D eigenvalue weighted by atomic mass is 10.1. The predicted molar refractivity (Wildman–Crippen MR) is 111 cm³/mol. The molecule has 1 heterocycles. The lowest BCUT2D eigenvalue weighted by Crippen LogP contribution is -2.16. The maximum Gasteiger partial charge on any atom is 0.248 e. The van der Waals surface area contributed by atoms with Crippen molar-refractivity contribution in [2.45, 2.75) is 31.8 Å². The van der Waals surface area contributed by atoms with Crippen molar-refractivity contribution in [2.24, 2.45) is 0 Å². The molecule has 4 rings (SSSR count). The quantitative estimate of drug-likeness (QED) is 0.733. The topological polar surface area (TPSA) is 66.0 Å². The van der Waals surface area contributed by atoms with Gasteiger partial charge in [-0.05, 0) is 61.6 Å². The third-order valence-corrected chi connectivity index (χ3v) is 5.02. The van der Waals surface area contributed by atoms with Crippen LogP contribution in [0.5, 0.6) is 23.0 Å². The van der Waals surface area contributed by atoms with E-state index in [1.165, 1.54) is 18.9 Å². The monoisotopic (exact) mass is 395 g/mol. The Bertz CT molecular complexity index is 902. The lowest BCUT2D eigenvalue weighted by molar-refractivity contribution is -0.111. The number of ether oxygens (including phenoxy) is 4. The Balaban J connectivity index is 1.42. The van der Waals surface area contributed by atoms with Crippen molar-refractivity contribution in [1.29, 1.82) is 0 Å². The number of hydrogen-bond donors (Lipinski definition) is 1. The first-order valence-corrected chi connectivity index (χ1v) is 9.95. The van der Waals surface area contributed by atoms with E-state index in [0.717, 1.165) is 18.4 Å². The predicted octanol–water partition coefficient (Wildman–Crippen LogP) is 4.44. The Hall–Kier alpha value is -3.15. The van der Waals surface area contributed by atoms with E-state index < -0.39 is 0 Å². The summed E-state index contributed by atoms with van der Waals surface area (Å²) in [5, 5.41) is 2.84. The van der Waals surface area contributed by atoms with Crippen molar-refractivity contribution in [3.8, 4) is 23.0 Å². The number of anilines is 1. The van der Waals surface area contributed by atoms with Gasteiger partial charge in [0.2, 0.25) is 5.91 Å². The van der Waals surface area contributed by atoms with Crippen LogP contribution < -0.4 is 24.3 Å². The number of nitrogens with one attached hydrogen (secondary N) is 1. The van der Waals surface area contributed by atoms with E-state index in [0.29, 0.717) is 41.9 Å². The number of carbonyl (C=O) groups is 1. The van der Waals surface area contributed by atoms with Crippen molar-refractivity contribution in [1.82, 2.24) is 0 Å². The number of amides is 1. The minimum absolute atomic E-state index is 0.226. The van der Waals surface area contributed by atoms with Crippen LogP contribution in [0.1, 0.15) is 31.2 Å².